The van der Waals surface area contributed by atoms with Crippen LogP contribution in [0.3, 0.4) is 0 Å². The zero-order valence-electron chi connectivity index (χ0n) is 10.7. The molecule has 8 heteroatoms. The molecule has 0 spiro atoms. The minimum absolute atomic E-state index is 0.0996. The summed E-state index contributed by atoms with van der Waals surface area (Å²) >= 11 is 0. The lowest BCUT2D eigenvalue weighted by Crippen LogP contribution is -2.04. The van der Waals surface area contributed by atoms with Gasteiger partial charge in [0.1, 0.15) is 0 Å². The van der Waals surface area contributed by atoms with Crippen molar-refractivity contribution in [1.82, 2.24) is 9.78 Å². The average molecular weight is 277 g/mol. The Morgan fingerprint density at radius 1 is 1.35 bits per heavy atom. The van der Waals surface area contributed by atoms with Crippen molar-refractivity contribution in [2.24, 2.45) is 0 Å². The smallest absolute Gasteiger partial charge is 0.360 e. The van der Waals surface area contributed by atoms with Gasteiger partial charge in [-0.05, 0) is 25.5 Å². The van der Waals surface area contributed by atoms with Crippen LogP contribution in [-0.2, 0) is 0 Å². The van der Waals surface area contributed by atoms with Gasteiger partial charge in [0.25, 0.3) is 5.69 Å². The predicted molar refractivity (Wildman–Crippen MR) is 68.3 cm³/mol. The first-order chi connectivity index (χ1) is 9.31. The molecule has 1 aromatic heterocycles. The summed E-state index contributed by atoms with van der Waals surface area (Å²) in [4.78, 5) is 21.2. The predicted octanol–water partition coefficient (Wildman–Crippen LogP) is 1.80. The highest BCUT2D eigenvalue weighted by Crippen LogP contribution is 2.27. The number of aromatic hydroxyl groups is 1. The molecule has 0 aliphatic heterocycles. The second kappa shape index (κ2) is 4.65. The molecule has 0 aliphatic rings. The minimum atomic E-state index is -1.37. The Labute approximate surface area is 113 Å². The third-order valence-corrected chi connectivity index (χ3v) is 2.86. The van der Waals surface area contributed by atoms with Gasteiger partial charge in [-0.3, -0.25) is 10.1 Å². The van der Waals surface area contributed by atoms with Crippen LogP contribution in [0.25, 0.3) is 5.69 Å². The topological polar surface area (TPSA) is 118 Å². The summed E-state index contributed by atoms with van der Waals surface area (Å²) in [6.07, 6.45) is 1.10. The van der Waals surface area contributed by atoms with Crippen LogP contribution in [0.15, 0.2) is 18.3 Å². The number of nitro groups is 1. The van der Waals surface area contributed by atoms with Crippen molar-refractivity contribution in [3.63, 3.8) is 0 Å². The van der Waals surface area contributed by atoms with Gasteiger partial charge < -0.3 is 10.2 Å². The summed E-state index contributed by atoms with van der Waals surface area (Å²) in [5.74, 6) is -1.87. The van der Waals surface area contributed by atoms with E-state index in [0.29, 0.717) is 16.8 Å². The Balaban J connectivity index is 2.63. The molecule has 0 aliphatic carbocycles. The molecule has 0 amide bonds. The van der Waals surface area contributed by atoms with Crippen LogP contribution in [0.4, 0.5) is 5.69 Å². The van der Waals surface area contributed by atoms with E-state index in [1.54, 1.807) is 19.9 Å². The van der Waals surface area contributed by atoms with Gasteiger partial charge in [-0.25, -0.2) is 9.48 Å². The first-order valence-corrected chi connectivity index (χ1v) is 5.59. The Morgan fingerprint density at radius 2 is 2.00 bits per heavy atom. The van der Waals surface area contributed by atoms with E-state index in [1.807, 2.05) is 0 Å². The summed E-state index contributed by atoms with van der Waals surface area (Å²) in [6, 6.07) is 2.90. The van der Waals surface area contributed by atoms with Crippen LogP contribution in [0.2, 0.25) is 0 Å². The van der Waals surface area contributed by atoms with Gasteiger partial charge in [0.15, 0.2) is 5.75 Å². The van der Waals surface area contributed by atoms with Gasteiger partial charge in [-0.15, -0.1) is 0 Å². The molecule has 2 aromatic rings. The molecule has 0 atom stereocenters. The number of carboxylic acid groups (broad SMARTS) is 1. The molecule has 0 saturated carbocycles. The molecule has 0 saturated heterocycles. The second-order valence-corrected chi connectivity index (χ2v) is 4.29. The minimum Gasteiger partial charge on any atom is -0.504 e. The fourth-order valence-electron chi connectivity index (χ4n) is 1.91. The lowest BCUT2D eigenvalue weighted by Gasteiger charge is -2.07. The highest BCUT2D eigenvalue weighted by Gasteiger charge is 2.19. The first kappa shape index (κ1) is 13.5. The van der Waals surface area contributed by atoms with Crippen molar-refractivity contribution >= 4 is 11.7 Å². The van der Waals surface area contributed by atoms with Gasteiger partial charge in [0, 0.05) is 11.6 Å². The Bertz CT molecular complexity index is 720. The van der Waals surface area contributed by atoms with Crippen molar-refractivity contribution in [3.8, 4) is 11.4 Å². The maximum absolute atomic E-state index is 10.9. The number of nitrogens with zero attached hydrogens (tertiary/aromatic N) is 3. The van der Waals surface area contributed by atoms with E-state index in [-0.39, 0.29) is 5.69 Å². The van der Waals surface area contributed by atoms with Crippen LogP contribution < -0.4 is 0 Å². The van der Waals surface area contributed by atoms with E-state index < -0.39 is 22.3 Å². The Morgan fingerprint density at radius 3 is 2.50 bits per heavy atom. The molecule has 20 heavy (non-hydrogen) atoms. The molecule has 0 unspecified atom stereocenters. The summed E-state index contributed by atoms with van der Waals surface area (Å²) in [5, 5.41) is 33.0. The number of aromatic nitrogens is 2. The van der Waals surface area contributed by atoms with Gasteiger partial charge in [-0.2, -0.15) is 5.10 Å². The molecule has 2 rings (SSSR count). The van der Waals surface area contributed by atoms with Crippen molar-refractivity contribution < 1.29 is 19.9 Å². The van der Waals surface area contributed by atoms with Gasteiger partial charge in [0.05, 0.1) is 16.8 Å². The van der Waals surface area contributed by atoms with Crippen LogP contribution in [0.1, 0.15) is 21.6 Å². The SMILES string of the molecule is Cc1cc(C)c([N+](=O)[O-])cc1-n1cc(O)c(C(=O)O)n1. The zero-order chi connectivity index (χ0) is 15.0. The van der Waals surface area contributed by atoms with E-state index in [2.05, 4.69) is 5.10 Å². The standard InChI is InChI=1S/C12H11N3O5/c1-6-3-7(2)9(15(19)20)4-8(6)14-5-10(16)11(13-14)12(17)18/h3-5,16H,1-2H3,(H,17,18). The number of rotatable bonds is 3. The number of carbonyl (C=O) groups is 1. The van der Waals surface area contributed by atoms with Gasteiger partial charge >= 0.3 is 5.97 Å². The molecule has 1 heterocycles. The van der Waals surface area contributed by atoms with Crippen molar-refractivity contribution in [2.45, 2.75) is 13.8 Å². The summed E-state index contributed by atoms with van der Waals surface area (Å²) < 4.78 is 1.11. The number of aryl methyl sites for hydroxylation is 2. The third kappa shape index (κ3) is 2.18. The third-order valence-electron chi connectivity index (χ3n) is 2.86. The Hall–Kier alpha value is -2.90. The number of aromatic carboxylic acids is 1. The number of benzene rings is 1. The van der Waals surface area contributed by atoms with Crippen LogP contribution >= 0.6 is 0 Å². The summed E-state index contributed by atoms with van der Waals surface area (Å²) in [6.45, 7) is 3.32. The van der Waals surface area contributed by atoms with Gasteiger partial charge in [-0.1, -0.05) is 0 Å². The molecule has 0 fully saturated rings. The average Bonchev–Trinajstić information content (AvgIpc) is 2.70. The number of hydrogen-bond donors (Lipinski definition) is 2. The molecular formula is C12H11N3O5. The molecular weight excluding hydrogens is 266 g/mol. The maximum Gasteiger partial charge on any atom is 0.360 e. The van der Waals surface area contributed by atoms with Crippen LogP contribution in [-0.4, -0.2) is 30.9 Å². The van der Waals surface area contributed by atoms with Crippen LogP contribution in [0, 0.1) is 24.0 Å². The largest absolute Gasteiger partial charge is 0.504 e. The lowest BCUT2D eigenvalue weighted by atomic mass is 10.1. The van der Waals surface area contributed by atoms with Crippen molar-refractivity contribution in [3.05, 3.63) is 45.3 Å². The van der Waals surface area contributed by atoms with E-state index in [0.717, 1.165) is 10.9 Å². The van der Waals surface area contributed by atoms with E-state index in [4.69, 9.17) is 5.11 Å². The molecule has 2 N–H and O–H groups in total. The summed E-state index contributed by atoms with van der Waals surface area (Å²) in [7, 11) is 0. The number of carboxylic acids is 1. The van der Waals surface area contributed by atoms with Crippen LogP contribution in [0.5, 0.6) is 5.75 Å². The highest BCUT2D eigenvalue weighted by atomic mass is 16.6. The highest BCUT2D eigenvalue weighted by molar-refractivity contribution is 5.88. The lowest BCUT2D eigenvalue weighted by molar-refractivity contribution is -0.385. The maximum atomic E-state index is 10.9. The van der Waals surface area contributed by atoms with Crippen molar-refractivity contribution in [1.29, 1.82) is 0 Å². The Kier molecular flexibility index (Phi) is 3.15. The monoisotopic (exact) mass is 277 g/mol. The molecule has 1 aromatic carbocycles. The molecule has 0 bridgehead atoms. The fourth-order valence-corrected chi connectivity index (χ4v) is 1.91. The normalized spacial score (nSPS) is 10.5. The number of nitro benzene ring substituents is 1. The first-order valence-electron chi connectivity index (χ1n) is 5.59. The van der Waals surface area contributed by atoms with E-state index >= 15 is 0 Å². The molecule has 8 nitrogen and oxygen atoms in total. The fraction of sp³-hybridized carbons (Fsp3) is 0.167. The molecule has 104 valence electrons. The van der Waals surface area contributed by atoms with Crippen molar-refractivity contribution in [2.75, 3.05) is 0 Å². The van der Waals surface area contributed by atoms with Gasteiger partial charge in [0.2, 0.25) is 5.69 Å². The van der Waals surface area contributed by atoms with E-state index in [9.17, 15) is 20.0 Å². The molecule has 0 radical (unpaired) electrons. The number of hydrogen-bond acceptors (Lipinski definition) is 5. The quantitative estimate of drug-likeness (QED) is 0.652. The van der Waals surface area contributed by atoms with E-state index in [1.165, 1.54) is 6.07 Å². The zero-order valence-corrected chi connectivity index (χ0v) is 10.7. The summed E-state index contributed by atoms with van der Waals surface area (Å²) in [5.41, 5.74) is 0.897. The second-order valence-electron chi connectivity index (χ2n) is 4.29.